The van der Waals surface area contributed by atoms with Gasteiger partial charge in [-0.2, -0.15) is 0 Å². The van der Waals surface area contributed by atoms with E-state index in [-0.39, 0.29) is 43.0 Å². The van der Waals surface area contributed by atoms with Crippen molar-refractivity contribution in [2.75, 3.05) is 20.1 Å². The van der Waals surface area contributed by atoms with E-state index in [9.17, 15) is 18.8 Å². The van der Waals surface area contributed by atoms with Gasteiger partial charge >= 0.3 is 0 Å². The highest BCUT2D eigenvalue weighted by Gasteiger charge is 2.44. The molecule has 2 fully saturated rings. The van der Waals surface area contributed by atoms with E-state index in [2.05, 4.69) is 15.3 Å². The topological polar surface area (TPSA) is 133 Å². The number of nitrogens with one attached hydrogen (secondary N) is 1. The van der Waals surface area contributed by atoms with E-state index in [1.165, 1.54) is 15.9 Å². The molecular formula is C21H22FN5O5. The Morgan fingerprint density at radius 3 is 2.72 bits per heavy atom. The van der Waals surface area contributed by atoms with E-state index >= 15 is 0 Å². The minimum Gasteiger partial charge on any atom is -0.483 e. The van der Waals surface area contributed by atoms with Crippen molar-refractivity contribution in [2.45, 2.75) is 25.4 Å². The van der Waals surface area contributed by atoms with Gasteiger partial charge < -0.3 is 20.2 Å². The monoisotopic (exact) mass is 443 g/mol. The number of rotatable bonds is 3. The highest BCUT2D eigenvalue weighted by molar-refractivity contribution is 5.97. The zero-order valence-corrected chi connectivity index (χ0v) is 17.5. The van der Waals surface area contributed by atoms with E-state index in [4.69, 9.17) is 9.90 Å². The van der Waals surface area contributed by atoms with Crippen molar-refractivity contribution < 1.29 is 28.7 Å². The van der Waals surface area contributed by atoms with Gasteiger partial charge in [-0.3, -0.25) is 19.2 Å². The van der Waals surface area contributed by atoms with Crippen molar-refractivity contribution in [1.29, 1.82) is 0 Å². The van der Waals surface area contributed by atoms with Crippen molar-refractivity contribution in [3.8, 4) is 11.3 Å². The molecule has 3 heterocycles. The summed E-state index contributed by atoms with van der Waals surface area (Å²) in [5, 5.41) is 9.71. The number of aryl methyl sites for hydroxylation is 1. The molecule has 0 spiro atoms. The molecule has 32 heavy (non-hydrogen) atoms. The Balaban J connectivity index is 0.000000913. The number of amides is 3. The maximum Gasteiger partial charge on any atom is 0.290 e. The molecule has 2 N–H and O–H groups in total. The van der Waals surface area contributed by atoms with Crippen LogP contribution in [-0.2, 0) is 14.4 Å². The summed E-state index contributed by atoms with van der Waals surface area (Å²) in [6.07, 6.45) is 1.91. The molecule has 11 heteroatoms. The average molecular weight is 443 g/mol. The van der Waals surface area contributed by atoms with Gasteiger partial charge in [0.1, 0.15) is 17.7 Å². The van der Waals surface area contributed by atoms with Gasteiger partial charge in [-0.05, 0) is 37.6 Å². The molecule has 0 aliphatic carbocycles. The third-order valence-corrected chi connectivity index (χ3v) is 5.22. The second-order valence-electron chi connectivity index (χ2n) is 7.49. The molecule has 10 nitrogen and oxygen atoms in total. The highest BCUT2D eigenvalue weighted by Crippen LogP contribution is 2.25. The summed E-state index contributed by atoms with van der Waals surface area (Å²) in [5.74, 6) is -0.747. The summed E-state index contributed by atoms with van der Waals surface area (Å²) in [5.41, 5.74) is 1.13. The Morgan fingerprint density at radius 1 is 1.31 bits per heavy atom. The molecule has 2 atom stereocenters. The summed E-state index contributed by atoms with van der Waals surface area (Å²) >= 11 is 0. The van der Waals surface area contributed by atoms with Crippen molar-refractivity contribution in [2.24, 2.45) is 0 Å². The smallest absolute Gasteiger partial charge is 0.290 e. The minimum absolute atomic E-state index is 0.0433. The highest BCUT2D eigenvalue weighted by atomic mass is 19.1. The van der Waals surface area contributed by atoms with Crippen LogP contribution in [0, 0.1) is 12.7 Å². The number of hydrogen-bond acceptors (Lipinski definition) is 6. The van der Waals surface area contributed by atoms with Gasteiger partial charge in [0.2, 0.25) is 11.8 Å². The number of carbonyl (C=O) groups is 4. The molecule has 168 valence electrons. The SMILES string of the molecule is Cc1nccc(-c2cc(F)cc(C(=O)N[C@@H]3C[C@H]4C(=O)N(C)CC(=O)N4C3)c2)n1.O=CO. The Labute approximate surface area is 183 Å². The molecule has 1 aromatic carbocycles. The molecule has 0 saturated carbocycles. The summed E-state index contributed by atoms with van der Waals surface area (Å²) < 4.78 is 14.1. The van der Waals surface area contributed by atoms with Crippen molar-refractivity contribution in [1.82, 2.24) is 25.1 Å². The molecule has 2 aromatic rings. The Bertz CT molecular complexity index is 1060. The zero-order chi connectivity index (χ0) is 23.4. The Morgan fingerprint density at radius 2 is 2.03 bits per heavy atom. The van der Waals surface area contributed by atoms with Crippen molar-refractivity contribution in [3.63, 3.8) is 0 Å². The zero-order valence-electron chi connectivity index (χ0n) is 17.5. The fourth-order valence-electron chi connectivity index (χ4n) is 3.83. The van der Waals surface area contributed by atoms with Gasteiger partial charge in [-0.25, -0.2) is 14.4 Å². The second kappa shape index (κ2) is 9.50. The second-order valence-corrected chi connectivity index (χ2v) is 7.49. The quantitative estimate of drug-likeness (QED) is 0.659. The van der Waals surface area contributed by atoms with Crippen molar-refractivity contribution >= 4 is 24.2 Å². The molecule has 0 unspecified atom stereocenters. The number of hydrogen-bond donors (Lipinski definition) is 2. The molecule has 4 rings (SSSR count). The molecule has 0 radical (unpaired) electrons. The first-order chi connectivity index (χ1) is 15.2. The van der Waals surface area contributed by atoms with Crippen LogP contribution in [0.1, 0.15) is 22.6 Å². The fraction of sp³-hybridized carbons (Fsp3) is 0.333. The lowest BCUT2D eigenvalue weighted by Crippen LogP contribution is -2.55. The number of fused-ring (bicyclic) bond motifs is 1. The predicted octanol–water partition coefficient (Wildman–Crippen LogP) is 0.463. The number of nitrogens with zero attached hydrogens (tertiary/aromatic N) is 4. The number of piperazine rings is 1. The van der Waals surface area contributed by atoms with E-state index in [1.807, 2.05) is 0 Å². The van der Waals surface area contributed by atoms with E-state index in [1.54, 1.807) is 32.3 Å². The Hall–Kier alpha value is -3.89. The molecule has 2 aliphatic heterocycles. The van der Waals surface area contributed by atoms with Gasteiger partial charge in [0, 0.05) is 37.0 Å². The minimum atomic E-state index is -0.557. The first kappa shape index (κ1) is 22.8. The Kier molecular flexibility index (Phi) is 6.76. The largest absolute Gasteiger partial charge is 0.483 e. The van der Waals surface area contributed by atoms with Crippen LogP contribution in [0.2, 0.25) is 0 Å². The lowest BCUT2D eigenvalue weighted by molar-refractivity contribution is -0.152. The lowest BCUT2D eigenvalue weighted by Gasteiger charge is -2.33. The third kappa shape index (κ3) is 4.88. The average Bonchev–Trinajstić information content (AvgIpc) is 3.17. The summed E-state index contributed by atoms with van der Waals surface area (Å²) in [6.45, 7) is 1.79. The van der Waals surface area contributed by atoms with Crippen LogP contribution in [0.3, 0.4) is 0 Å². The normalized spacial score (nSPS) is 19.7. The van der Waals surface area contributed by atoms with Gasteiger partial charge in [0.05, 0.1) is 12.2 Å². The molecule has 2 aliphatic rings. The summed E-state index contributed by atoms with van der Waals surface area (Å²) in [6, 6.07) is 4.73. The van der Waals surface area contributed by atoms with E-state index in [0.29, 0.717) is 23.5 Å². The van der Waals surface area contributed by atoms with Crippen LogP contribution in [-0.4, -0.2) is 81.3 Å². The van der Waals surface area contributed by atoms with Crippen LogP contribution in [0.25, 0.3) is 11.3 Å². The standard InChI is InChI=1S/C20H20FN5O3.CH2O2/c1-11-22-4-3-16(23-11)12-5-13(7-14(21)6-12)19(28)24-15-8-17-20(29)25(2)10-18(27)26(17)9-15;2-1-3/h3-7,15,17H,8-10H2,1-2H3,(H,24,28);1H,(H,2,3)/t15-,17+;/m1./s1. The van der Waals surface area contributed by atoms with Crippen LogP contribution < -0.4 is 5.32 Å². The molecule has 3 amide bonds. The molecule has 2 saturated heterocycles. The maximum atomic E-state index is 14.1. The summed E-state index contributed by atoms with van der Waals surface area (Å²) in [7, 11) is 1.59. The predicted molar refractivity (Wildman–Crippen MR) is 110 cm³/mol. The summed E-state index contributed by atoms with van der Waals surface area (Å²) in [4.78, 5) is 56.7. The van der Waals surface area contributed by atoms with Gasteiger partial charge in [0.15, 0.2) is 0 Å². The number of benzene rings is 1. The van der Waals surface area contributed by atoms with Gasteiger partial charge in [-0.15, -0.1) is 0 Å². The molecule has 0 bridgehead atoms. The number of halogens is 1. The van der Waals surface area contributed by atoms with E-state index < -0.39 is 17.8 Å². The number of carboxylic acid groups (broad SMARTS) is 1. The fourth-order valence-corrected chi connectivity index (χ4v) is 3.83. The number of aromatic nitrogens is 2. The van der Waals surface area contributed by atoms with Crippen molar-refractivity contribution in [3.05, 3.63) is 47.7 Å². The first-order valence-electron chi connectivity index (χ1n) is 9.77. The van der Waals surface area contributed by atoms with Gasteiger partial charge in [0.25, 0.3) is 12.4 Å². The van der Waals surface area contributed by atoms with Crippen LogP contribution >= 0.6 is 0 Å². The third-order valence-electron chi connectivity index (χ3n) is 5.22. The van der Waals surface area contributed by atoms with Crippen LogP contribution in [0.15, 0.2) is 30.5 Å². The number of likely N-dealkylation sites (N-methyl/N-ethyl adjacent to an activating group) is 1. The van der Waals surface area contributed by atoms with E-state index in [0.717, 1.165) is 6.07 Å². The lowest BCUT2D eigenvalue weighted by atomic mass is 10.1. The van der Waals surface area contributed by atoms with Gasteiger partial charge in [-0.1, -0.05) is 0 Å². The number of carbonyl (C=O) groups excluding carboxylic acids is 3. The molecule has 1 aromatic heterocycles. The van der Waals surface area contributed by atoms with Crippen LogP contribution in [0.4, 0.5) is 4.39 Å². The molecular weight excluding hydrogens is 421 g/mol. The van der Waals surface area contributed by atoms with Crippen LogP contribution in [0.5, 0.6) is 0 Å². The maximum absolute atomic E-state index is 14.1. The first-order valence-corrected chi connectivity index (χ1v) is 9.77.